The molecule has 5 heteroatoms. The van der Waals surface area contributed by atoms with Gasteiger partial charge in [0.05, 0.1) is 4.90 Å². The van der Waals surface area contributed by atoms with Crippen LogP contribution in [0.4, 0.5) is 5.69 Å². The number of benzene rings is 1. The first-order chi connectivity index (χ1) is 8.91. The van der Waals surface area contributed by atoms with Crippen LogP contribution in [0.25, 0.3) is 0 Å². The summed E-state index contributed by atoms with van der Waals surface area (Å²) >= 11 is 0. The number of nitrogens with zero attached hydrogens (tertiary/aromatic N) is 1. The summed E-state index contributed by atoms with van der Waals surface area (Å²) in [6, 6.07) is 7.14. The maximum absolute atomic E-state index is 11.4. The van der Waals surface area contributed by atoms with Crippen molar-refractivity contribution in [3.8, 4) is 0 Å². The molecule has 4 nitrogen and oxygen atoms in total. The topological polar surface area (TPSA) is 63.4 Å². The van der Waals surface area contributed by atoms with Gasteiger partial charge in [0.1, 0.15) is 0 Å². The molecule has 0 saturated carbocycles. The predicted molar refractivity (Wildman–Crippen MR) is 78.1 cm³/mol. The lowest BCUT2D eigenvalue weighted by Gasteiger charge is -2.38. The van der Waals surface area contributed by atoms with E-state index < -0.39 is 9.84 Å². The summed E-state index contributed by atoms with van der Waals surface area (Å²) in [7, 11) is -3.11. The molecule has 0 aliphatic carbocycles. The second kappa shape index (κ2) is 5.51. The summed E-state index contributed by atoms with van der Waals surface area (Å²) < 4.78 is 22.9. The Hall–Kier alpha value is -1.07. The van der Waals surface area contributed by atoms with Gasteiger partial charge >= 0.3 is 0 Å². The molecule has 0 amide bonds. The average molecular weight is 282 g/mol. The van der Waals surface area contributed by atoms with E-state index >= 15 is 0 Å². The van der Waals surface area contributed by atoms with Crippen molar-refractivity contribution in [3.63, 3.8) is 0 Å². The Bertz CT molecular complexity index is 525. The van der Waals surface area contributed by atoms with Crippen LogP contribution >= 0.6 is 0 Å². The third kappa shape index (κ3) is 3.28. The number of sulfone groups is 1. The van der Waals surface area contributed by atoms with E-state index in [4.69, 9.17) is 5.73 Å². The highest BCUT2D eigenvalue weighted by Crippen LogP contribution is 2.27. The molecule has 2 atom stereocenters. The minimum atomic E-state index is -3.11. The number of hydrogen-bond acceptors (Lipinski definition) is 4. The lowest BCUT2D eigenvalue weighted by molar-refractivity contribution is 0.308. The first-order valence-electron chi connectivity index (χ1n) is 6.67. The summed E-state index contributed by atoms with van der Waals surface area (Å²) in [5.41, 5.74) is 6.89. The van der Waals surface area contributed by atoms with E-state index in [1.807, 2.05) is 12.1 Å². The Morgan fingerprint density at radius 2 is 1.95 bits per heavy atom. The standard InChI is InChI=1S/C14H22N2O2S/c1-11-7-8-16(10-12(11)9-15)13-3-5-14(6-4-13)19(2,17)18/h3-6,11-12H,7-10,15H2,1-2H3. The lowest BCUT2D eigenvalue weighted by Crippen LogP contribution is -2.42. The van der Waals surface area contributed by atoms with Crippen LogP contribution in [0.1, 0.15) is 13.3 Å². The minimum absolute atomic E-state index is 0.372. The molecule has 1 aliphatic heterocycles. The maximum atomic E-state index is 11.4. The molecule has 2 rings (SSSR count). The quantitative estimate of drug-likeness (QED) is 0.913. The van der Waals surface area contributed by atoms with Gasteiger partial charge in [-0.05, 0) is 49.1 Å². The van der Waals surface area contributed by atoms with Gasteiger partial charge in [-0.2, -0.15) is 0 Å². The summed E-state index contributed by atoms with van der Waals surface area (Å²) in [6.45, 7) is 4.92. The molecule has 1 fully saturated rings. The van der Waals surface area contributed by atoms with Gasteiger partial charge in [0.2, 0.25) is 0 Å². The van der Waals surface area contributed by atoms with Crippen LogP contribution in [-0.4, -0.2) is 34.3 Å². The van der Waals surface area contributed by atoms with Gasteiger partial charge in [0.25, 0.3) is 0 Å². The SMILES string of the molecule is CC1CCN(c2ccc(S(C)(=O)=O)cc2)CC1CN. The van der Waals surface area contributed by atoms with Crippen LogP contribution in [-0.2, 0) is 9.84 Å². The van der Waals surface area contributed by atoms with Gasteiger partial charge in [-0.25, -0.2) is 8.42 Å². The number of anilines is 1. The van der Waals surface area contributed by atoms with E-state index in [-0.39, 0.29) is 0 Å². The molecule has 0 bridgehead atoms. The largest absolute Gasteiger partial charge is 0.371 e. The van der Waals surface area contributed by atoms with Crippen molar-refractivity contribution in [2.75, 3.05) is 30.8 Å². The fourth-order valence-corrected chi connectivity index (χ4v) is 3.23. The van der Waals surface area contributed by atoms with Gasteiger partial charge < -0.3 is 10.6 Å². The summed E-state index contributed by atoms with van der Waals surface area (Å²) in [6.07, 6.45) is 2.37. The number of hydrogen-bond donors (Lipinski definition) is 1. The molecular formula is C14H22N2O2S. The molecule has 0 radical (unpaired) electrons. The van der Waals surface area contributed by atoms with Gasteiger partial charge in [0.15, 0.2) is 9.84 Å². The monoisotopic (exact) mass is 282 g/mol. The Morgan fingerprint density at radius 1 is 1.32 bits per heavy atom. The molecule has 2 unspecified atom stereocenters. The van der Waals surface area contributed by atoms with E-state index in [2.05, 4.69) is 11.8 Å². The summed E-state index contributed by atoms with van der Waals surface area (Å²) in [5.74, 6) is 1.18. The summed E-state index contributed by atoms with van der Waals surface area (Å²) in [5, 5.41) is 0. The fraction of sp³-hybridized carbons (Fsp3) is 0.571. The van der Waals surface area contributed by atoms with Crippen LogP contribution in [0.2, 0.25) is 0 Å². The molecule has 1 aromatic carbocycles. The summed E-state index contributed by atoms with van der Waals surface area (Å²) in [4.78, 5) is 2.67. The van der Waals surface area contributed by atoms with Crippen molar-refractivity contribution < 1.29 is 8.42 Å². The highest BCUT2D eigenvalue weighted by Gasteiger charge is 2.25. The van der Waals surface area contributed by atoms with Crippen molar-refractivity contribution in [3.05, 3.63) is 24.3 Å². The minimum Gasteiger partial charge on any atom is -0.371 e. The average Bonchev–Trinajstić information content (AvgIpc) is 2.38. The Morgan fingerprint density at radius 3 is 2.47 bits per heavy atom. The zero-order chi connectivity index (χ0) is 14.0. The molecule has 1 aromatic rings. The molecular weight excluding hydrogens is 260 g/mol. The van der Waals surface area contributed by atoms with Crippen molar-refractivity contribution in [2.24, 2.45) is 17.6 Å². The van der Waals surface area contributed by atoms with Crippen LogP contribution in [0.5, 0.6) is 0 Å². The zero-order valence-corrected chi connectivity index (χ0v) is 12.4. The second-order valence-corrected chi connectivity index (χ2v) is 7.49. The van der Waals surface area contributed by atoms with Gasteiger partial charge in [-0.3, -0.25) is 0 Å². The lowest BCUT2D eigenvalue weighted by atomic mass is 9.87. The predicted octanol–water partition coefficient (Wildman–Crippen LogP) is 1.51. The van der Waals surface area contributed by atoms with Gasteiger partial charge in [-0.15, -0.1) is 0 Å². The zero-order valence-electron chi connectivity index (χ0n) is 11.5. The van der Waals surface area contributed by atoms with Crippen LogP contribution < -0.4 is 10.6 Å². The molecule has 1 aliphatic rings. The number of rotatable bonds is 3. The van der Waals surface area contributed by atoms with Crippen molar-refractivity contribution in [2.45, 2.75) is 18.2 Å². The maximum Gasteiger partial charge on any atom is 0.175 e. The molecule has 19 heavy (non-hydrogen) atoms. The highest BCUT2D eigenvalue weighted by molar-refractivity contribution is 7.90. The Labute approximate surface area is 115 Å². The van der Waals surface area contributed by atoms with E-state index in [1.54, 1.807) is 12.1 Å². The molecule has 0 aromatic heterocycles. The first kappa shape index (κ1) is 14.3. The third-order valence-corrected chi connectivity index (χ3v) is 5.18. The van der Waals surface area contributed by atoms with Gasteiger partial charge in [0, 0.05) is 25.0 Å². The first-order valence-corrected chi connectivity index (χ1v) is 8.56. The van der Waals surface area contributed by atoms with Crippen LogP contribution in [0.15, 0.2) is 29.2 Å². The van der Waals surface area contributed by atoms with Gasteiger partial charge in [-0.1, -0.05) is 6.92 Å². The molecule has 2 N–H and O–H groups in total. The fourth-order valence-electron chi connectivity index (χ4n) is 2.59. The molecule has 1 heterocycles. The molecule has 106 valence electrons. The Balaban J connectivity index is 2.15. The smallest absolute Gasteiger partial charge is 0.175 e. The van der Waals surface area contributed by atoms with Crippen molar-refractivity contribution in [1.82, 2.24) is 0 Å². The van der Waals surface area contributed by atoms with Crippen LogP contribution in [0, 0.1) is 11.8 Å². The number of piperidine rings is 1. The van der Waals surface area contributed by atoms with Crippen molar-refractivity contribution >= 4 is 15.5 Å². The van der Waals surface area contributed by atoms with Crippen molar-refractivity contribution in [1.29, 1.82) is 0 Å². The van der Waals surface area contributed by atoms with E-state index in [0.29, 0.717) is 23.3 Å². The molecule has 1 saturated heterocycles. The highest BCUT2D eigenvalue weighted by atomic mass is 32.2. The van der Waals surface area contributed by atoms with E-state index in [1.165, 1.54) is 6.26 Å². The third-order valence-electron chi connectivity index (χ3n) is 4.05. The number of nitrogens with two attached hydrogens (primary N) is 1. The van der Waals surface area contributed by atoms with E-state index in [0.717, 1.165) is 25.2 Å². The van der Waals surface area contributed by atoms with Crippen LogP contribution in [0.3, 0.4) is 0 Å². The Kier molecular flexibility index (Phi) is 4.16. The van der Waals surface area contributed by atoms with E-state index in [9.17, 15) is 8.42 Å². The normalized spacial score (nSPS) is 24.5. The molecule has 0 spiro atoms. The second-order valence-electron chi connectivity index (χ2n) is 5.47.